The monoisotopic (exact) mass is 280 g/mol. The normalized spacial score (nSPS) is 12.0. The van der Waals surface area contributed by atoms with Gasteiger partial charge in [0, 0.05) is 5.69 Å². The van der Waals surface area contributed by atoms with E-state index in [9.17, 15) is 4.79 Å². The zero-order valence-electron chi connectivity index (χ0n) is 12.1. The molecule has 3 heteroatoms. The lowest BCUT2D eigenvalue weighted by Crippen LogP contribution is -2.38. The van der Waals surface area contributed by atoms with E-state index in [-0.39, 0.29) is 12.1 Å². The first kappa shape index (κ1) is 14.9. The average Bonchev–Trinajstić information content (AvgIpc) is 2.49. The molecule has 2 N–H and O–H groups in total. The van der Waals surface area contributed by atoms with Gasteiger partial charge in [-0.15, -0.1) is 0 Å². The number of carbonyl (C=O) groups excluding carboxylic acids is 1. The Morgan fingerprint density at radius 3 is 2.29 bits per heavy atom. The minimum Gasteiger partial charge on any atom is -0.331 e. The lowest BCUT2D eigenvalue weighted by Gasteiger charge is -2.16. The van der Waals surface area contributed by atoms with Crippen molar-refractivity contribution in [1.82, 2.24) is 5.32 Å². The highest BCUT2D eigenvalue weighted by Gasteiger charge is 2.09. The molecule has 1 unspecified atom stereocenters. The van der Waals surface area contributed by atoms with Gasteiger partial charge >= 0.3 is 6.03 Å². The fourth-order valence-electron chi connectivity index (χ4n) is 2.12. The van der Waals surface area contributed by atoms with Crippen molar-refractivity contribution in [3.05, 3.63) is 78.4 Å². The molecule has 2 amide bonds. The summed E-state index contributed by atoms with van der Waals surface area (Å²) in [5, 5.41) is 5.81. The van der Waals surface area contributed by atoms with Gasteiger partial charge in [-0.2, -0.15) is 0 Å². The van der Waals surface area contributed by atoms with Crippen LogP contribution in [0.4, 0.5) is 10.5 Å². The van der Waals surface area contributed by atoms with Crippen LogP contribution in [0.1, 0.15) is 12.5 Å². The molecular formula is C18H20N2O. The molecule has 108 valence electrons. The number of hydrogen-bond donors (Lipinski definition) is 2. The molecule has 0 saturated heterocycles. The van der Waals surface area contributed by atoms with Gasteiger partial charge < -0.3 is 10.6 Å². The first-order valence-electron chi connectivity index (χ1n) is 7.07. The van der Waals surface area contributed by atoms with Gasteiger partial charge in [-0.3, -0.25) is 0 Å². The summed E-state index contributed by atoms with van der Waals surface area (Å²) in [5.41, 5.74) is 1.98. The molecule has 0 aromatic heterocycles. The summed E-state index contributed by atoms with van der Waals surface area (Å²) in [6.45, 7) is 1.95. The molecule has 2 aromatic carbocycles. The summed E-state index contributed by atoms with van der Waals surface area (Å²) in [7, 11) is 0. The van der Waals surface area contributed by atoms with Crippen molar-refractivity contribution in [1.29, 1.82) is 0 Å². The van der Waals surface area contributed by atoms with E-state index in [0.717, 1.165) is 12.1 Å². The number of hydrogen-bond acceptors (Lipinski definition) is 1. The van der Waals surface area contributed by atoms with Crippen LogP contribution in [0.2, 0.25) is 0 Å². The zero-order valence-corrected chi connectivity index (χ0v) is 12.1. The maximum Gasteiger partial charge on any atom is 0.319 e. The maximum absolute atomic E-state index is 12.0. The van der Waals surface area contributed by atoms with Gasteiger partial charge in [0.1, 0.15) is 0 Å². The molecule has 1 atom stereocenters. The summed E-state index contributed by atoms with van der Waals surface area (Å²) in [6.07, 6.45) is 4.72. The topological polar surface area (TPSA) is 41.1 Å². The second kappa shape index (κ2) is 7.90. The Labute approximate surface area is 125 Å². The van der Waals surface area contributed by atoms with Crippen LogP contribution in [0.25, 0.3) is 0 Å². The first-order valence-corrected chi connectivity index (χ1v) is 7.07. The van der Waals surface area contributed by atoms with Crippen molar-refractivity contribution < 1.29 is 4.79 Å². The number of rotatable bonds is 5. The summed E-state index contributed by atoms with van der Waals surface area (Å²) in [6, 6.07) is 19.3. The number of benzene rings is 2. The van der Waals surface area contributed by atoms with Crippen molar-refractivity contribution >= 4 is 11.7 Å². The molecule has 0 aliphatic heterocycles. The third-order valence-corrected chi connectivity index (χ3v) is 3.07. The van der Waals surface area contributed by atoms with Crippen LogP contribution in [0, 0.1) is 0 Å². The van der Waals surface area contributed by atoms with Gasteiger partial charge in [0.2, 0.25) is 0 Å². The highest BCUT2D eigenvalue weighted by Crippen LogP contribution is 2.07. The van der Waals surface area contributed by atoms with Crippen LogP contribution in [-0.2, 0) is 6.42 Å². The standard InChI is InChI=1S/C18H20N2O/c1-2-9-17(14-15-10-5-3-6-11-15)20-18(21)19-16-12-7-4-8-13-16/h2-13,17H,14H2,1H3,(H2,19,20,21)/b9-2-. The van der Waals surface area contributed by atoms with Crippen LogP contribution in [0.3, 0.4) is 0 Å². The molecule has 0 radical (unpaired) electrons. The molecule has 0 aliphatic rings. The second-order valence-electron chi connectivity index (χ2n) is 4.79. The van der Waals surface area contributed by atoms with Crippen molar-refractivity contribution in [2.24, 2.45) is 0 Å². The van der Waals surface area contributed by atoms with Crippen molar-refractivity contribution in [3.8, 4) is 0 Å². The van der Waals surface area contributed by atoms with Gasteiger partial charge in [-0.25, -0.2) is 4.79 Å². The molecule has 3 nitrogen and oxygen atoms in total. The fraction of sp³-hybridized carbons (Fsp3) is 0.167. The number of carbonyl (C=O) groups is 1. The van der Waals surface area contributed by atoms with Crippen LogP contribution in [0.5, 0.6) is 0 Å². The summed E-state index contributed by atoms with van der Waals surface area (Å²) in [5.74, 6) is 0. The molecule has 0 heterocycles. The summed E-state index contributed by atoms with van der Waals surface area (Å²) in [4.78, 5) is 12.0. The van der Waals surface area contributed by atoms with E-state index in [0.29, 0.717) is 0 Å². The number of amides is 2. The second-order valence-corrected chi connectivity index (χ2v) is 4.79. The predicted molar refractivity (Wildman–Crippen MR) is 87.3 cm³/mol. The van der Waals surface area contributed by atoms with Gasteiger partial charge in [0.05, 0.1) is 6.04 Å². The van der Waals surface area contributed by atoms with Gasteiger partial charge in [-0.05, 0) is 31.0 Å². The molecule has 0 bridgehead atoms. The minimum absolute atomic E-state index is 0.0267. The average molecular weight is 280 g/mol. The van der Waals surface area contributed by atoms with E-state index in [4.69, 9.17) is 0 Å². The lowest BCUT2D eigenvalue weighted by molar-refractivity contribution is 0.250. The zero-order chi connectivity index (χ0) is 14.9. The number of anilines is 1. The van der Waals surface area contributed by atoms with E-state index < -0.39 is 0 Å². The molecular weight excluding hydrogens is 260 g/mol. The SMILES string of the molecule is C/C=C\C(Cc1ccccc1)NC(=O)Nc1ccccc1. The van der Waals surface area contributed by atoms with Crippen LogP contribution in [-0.4, -0.2) is 12.1 Å². The highest BCUT2D eigenvalue weighted by molar-refractivity contribution is 5.89. The maximum atomic E-state index is 12.0. The molecule has 0 aliphatic carbocycles. The Balaban J connectivity index is 1.94. The minimum atomic E-state index is -0.194. The van der Waals surface area contributed by atoms with E-state index >= 15 is 0 Å². The molecule has 2 aromatic rings. The third-order valence-electron chi connectivity index (χ3n) is 3.07. The van der Waals surface area contributed by atoms with Crippen LogP contribution < -0.4 is 10.6 Å². The van der Waals surface area contributed by atoms with Crippen molar-refractivity contribution in [2.45, 2.75) is 19.4 Å². The molecule has 2 rings (SSSR count). The predicted octanol–water partition coefficient (Wildman–Crippen LogP) is 4.00. The quantitative estimate of drug-likeness (QED) is 0.799. The molecule has 0 spiro atoms. The van der Waals surface area contributed by atoms with Crippen LogP contribution in [0.15, 0.2) is 72.8 Å². The number of urea groups is 1. The molecule has 0 fully saturated rings. The smallest absolute Gasteiger partial charge is 0.319 e. The first-order chi connectivity index (χ1) is 10.3. The highest BCUT2D eigenvalue weighted by atomic mass is 16.2. The van der Waals surface area contributed by atoms with E-state index in [2.05, 4.69) is 22.8 Å². The Morgan fingerprint density at radius 1 is 1.05 bits per heavy atom. The Bertz CT molecular complexity index is 579. The summed E-state index contributed by atoms with van der Waals surface area (Å²) >= 11 is 0. The van der Waals surface area contributed by atoms with Crippen molar-refractivity contribution in [3.63, 3.8) is 0 Å². The van der Waals surface area contributed by atoms with Crippen molar-refractivity contribution in [2.75, 3.05) is 5.32 Å². The fourth-order valence-corrected chi connectivity index (χ4v) is 2.12. The Morgan fingerprint density at radius 2 is 1.67 bits per heavy atom. The molecule has 0 saturated carbocycles. The number of nitrogens with one attached hydrogen (secondary N) is 2. The van der Waals surface area contributed by atoms with Gasteiger partial charge in [-0.1, -0.05) is 60.7 Å². The molecule has 21 heavy (non-hydrogen) atoms. The van der Waals surface area contributed by atoms with E-state index in [1.165, 1.54) is 5.56 Å². The van der Waals surface area contributed by atoms with E-state index in [1.54, 1.807) is 0 Å². The largest absolute Gasteiger partial charge is 0.331 e. The third kappa shape index (κ3) is 5.15. The number of para-hydroxylation sites is 1. The van der Waals surface area contributed by atoms with E-state index in [1.807, 2.05) is 67.6 Å². The Kier molecular flexibility index (Phi) is 5.59. The lowest BCUT2D eigenvalue weighted by atomic mass is 10.1. The van der Waals surface area contributed by atoms with Gasteiger partial charge in [0.25, 0.3) is 0 Å². The summed E-state index contributed by atoms with van der Waals surface area (Å²) < 4.78 is 0. The number of allylic oxidation sites excluding steroid dienone is 1. The van der Waals surface area contributed by atoms with Crippen LogP contribution >= 0.6 is 0 Å². The Hall–Kier alpha value is -2.55. The van der Waals surface area contributed by atoms with Gasteiger partial charge in [0.15, 0.2) is 0 Å².